The Morgan fingerprint density at radius 1 is 1.00 bits per heavy atom. The summed E-state index contributed by atoms with van der Waals surface area (Å²) < 4.78 is 1.55. The van der Waals surface area contributed by atoms with Crippen LogP contribution in [0.5, 0.6) is 0 Å². The summed E-state index contributed by atoms with van der Waals surface area (Å²) in [4.78, 5) is 4.19. The first kappa shape index (κ1) is 14.7. The van der Waals surface area contributed by atoms with Crippen LogP contribution in [-0.2, 0) is 6.54 Å². The molecule has 0 bridgehead atoms. The lowest BCUT2D eigenvalue weighted by Gasteiger charge is -2.07. The van der Waals surface area contributed by atoms with Crippen molar-refractivity contribution in [2.75, 3.05) is 11.1 Å². The molecule has 0 aliphatic heterocycles. The molecule has 0 saturated heterocycles. The molecule has 5 nitrogen and oxygen atoms in total. The fraction of sp³-hybridized carbons (Fsp3) is 0.0667. The molecule has 0 amide bonds. The molecule has 0 aliphatic rings. The highest BCUT2D eigenvalue weighted by molar-refractivity contribution is 6.35. The number of benzene rings is 2. The fourth-order valence-electron chi connectivity index (χ4n) is 2.01. The van der Waals surface area contributed by atoms with Crippen molar-refractivity contribution >= 4 is 40.8 Å². The van der Waals surface area contributed by atoms with Gasteiger partial charge >= 0.3 is 0 Å². The molecular weight excluding hydrogens is 321 g/mol. The SMILES string of the molecule is Nc1nc(Nc2ccccc2)nn1Cc1c(Cl)cccc1Cl. The average molecular weight is 334 g/mol. The van der Waals surface area contributed by atoms with Crippen LogP contribution in [0.2, 0.25) is 10.0 Å². The Balaban J connectivity index is 1.84. The second-order valence-corrected chi connectivity index (χ2v) is 5.46. The van der Waals surface area contributed by atoms with Crippen molar-refractivity contribution in [2.24, 2.45) is 0 Å². The number of hydrogen-bond donors (Lipinski definition) is 2. The Hall–Kier alpha value is -2.24. The quantitative estimate of drug-likeness (QED) is 0.758. The molecule has 0 saturated carbocycles. The lowest BCUT2D eigenvalue weighted by Crippen LogP contribution is -2.07. The van der Waals surface area contributed by atoms with E-state index in [1.165, 1.54) is 0 Å². The molecule has 3 aromatic rings. The van der Waals surface area contributed by atoms with Gasteiger partial charge in [0.2, 0.25) is 11.9 Å². The van der Waals surface area contributed by atoms with Crippen LogP contribution in [0, 0.1) is 0 Å². The smallest absolute Gasteiger partial charge is 0.248 e. The van der Waals surface area contributed by atoms with E-state index in [2.05, 4.69) is 15.4 Å². The van der Waals surface area contributed by atoms with Crippen LogP contribution in [0.3, 0.4) is 0 Å². The first-order valence-corrected chi connectivity index (χ1v) is 7.34. The summed E-state index contributed by atoms with van der Waals surface area (Å²) in [5.41, 5.74) is 7.55. The van der Waals surface area contributed by atoms with Crippen molar-refractivity contribution in [1.82, 2.24) is 14.8 Å². The highest BCUT2D eigenvalue weighted by Crippen LogP contribution is 2.26. The molecule has 0 spiro atoms. The van der Waals surface area contributed by atoms with E-state index in [9.17, 15) is 0 Å². The zero-order valence-electron chi connectivity index (χ0n) is 11.5. The molecule has 22 heavy (non-hydrogen) atoms. The van der Waals surface area contributed by atoms with Crippen molar-refractivity contribution < 1.29 is 0 Å². The summed E-state index contributed by atoms with van der Waals surface area (Å²) in [5.74, 6) is 0.710. The van der Waals surface area contributed by atoms with Gasteiger partial charge in [-0.1, -0.05) is 47.5 Å². The van der Waals surface area contributed by atoms with Crippen LogP contribution in [-0.4, -0.2) is 14.8 Å². The molecule has 7 heteroatoms. The van der Waals surface area contributed by atoms with Crippen LogP contribution >= 0.6 is 23.2 Å². The van der Waals surface area contributed by atoms with E-state index >= 15 is 0 Å². The summed E-state index contributed by atoms with van der Waals surface area (Å²) >= 11 is 12.3. The van der Waals surface area contributed by atoms with Gasteiger partial charge in [0.25, 0.3) is 0 Å². The Morgan fingerprint density at radius 3 is 2.36 bits per heavy atom. The van der Waals surface area contributed by atoms with Crippen molar-refractivity contribution in [3.63, 3.8) is 0 Å². The number of para-hydroxylation sites is 1. The van der Waals surface area contributed by atoms with Crippen LogP contribution in [0.15, 0.2) is 48.5 Å². The van der Waals surface area contributed by atoms with Gasteiger partial charge in [-0.25, -0.2) is 4.68 Å². The van der Waals surface area contributed by atoms with E-state index in [0.717, 1.165) is 11.3 Å². The van der Waals surface area contributed by atoms with Crippen LogP contribution in [0.4, 0.5) is 17.6 Å². The Kier molecular flexibility index (Phi) is 4.18. The Bertz CT molecular complexity index is 766. The van der Waals surface area contributed by atoms with Crippen molar-refractivity contribution in [3.8, 4) is 0 Å². The average Bonchev–Trinajstić information content (AvgIpc) is 2.84. The maximum atomic E-state index is 6.17. The minimum atomic E-state index is 0.286. The fourth-order valence-corrected chi connectivity index (χ4v) is 2.52. The second-order valence-electron chi connectivity index (χ2n) is 4.64. The summed E-state index contributed by atoms with van der Waals surface area (Å²) in [6.45, 7) is 0.355. The minimum absolute atomic E-state index is 0.286. The molecular formula is C15H13Cl2N5. The van der Waals surface area contributed by atoms with Gasteiger partial charge in [0.15, 0.2) is 0 Å². The van der Waals surface area contributed by atoms with Gasteiger partial charge in [0, 0.05) is 21.3 Å². The van der Waals surface area contributed by atoms with E-state index < -0.39 is 0 Å². The van der Waals surface area contributed by atoms with Gasteiger partial charge < -0.3 is 11.1 Å². The maximum Gasteiger partial charge on any atom is 0.248 e. The number of hydrogen-bond acceptors (Lipinski definition) is 4. The minimum Gasteiger partial charge on any atom is -0.368 e. The highest BCUT2D eigenvalue weighted by atomic mass is 35.5. The molecule has 0 radical (unpaired) electrons. The number of halogens is 2. The number of rotatable bonds is 4. The molecule has 1 heterocycles. The van der Waals surface area contributed by atoms with Crippen molar-refractivity contribution in [3.05, 3.63) is 64.1 Å². The van der Waals surface area contributed by atoms with E-state index in [-0.39, 0.29) is 5.95 Å². The van der Waals surface area contributed by atoms with E-state index in [0.29, 0.717) is 22.5 Å². The number of aromatic nitrogens is 3. The van der Waals surface area contributed by atoms with Gasteiger partial charge in [-0.2, -0.15) is 4.98 Å². The normalized spacial score (nSPS) is 10.6. The van der Waals surface area contributed by atoms with Gasteiger partial charge in [-0.15, -0.1) is 5.10 Å². The third-order valence-electron chi connectivity index (χ3n) is 3.10. The van der Waals surface area contributed by atoms with Gasteiger partial charge in [-0.3, -0.25) is 0 Å². The maximum absolute atomic E-state index is 6.17. The van der Waals surface area contributed by atoms with Gasteiger partial charge in [-0.05, 0) is 24.3 Å². The van der Waals surface area contributed by atoms with Crippen LogP contribution < -0.4 is 11.1 Å². The van der Waals surface area contributed by atoms with E-state index in [1.54, 1.807) is 22.9 Å². The topological polar surface area (TPSA) is 68.8 Å². The molecule has 2 aromatic carbocycles. The molecule has 0 unspecified atom stereocenters. The standard InChI is InChI=1S/C15H13Cl2N5/c16-12-7-4-8-13(17)11(12)9-22-14(18)20-15(21-22)19-10-5-2-1-3-6-10/h1-8H,9H2,(H3,18,19,20,21). The number of nitrogens with zero attached hydrogens (tertiary/aromatic N) is 3. The van der Waals surface area contributed by atoms with E-state index in [1.807, 2.05) is 30.3 Å². The number of nitrogens with two attached hydrogens (primary N) is 1. The summed E-state index contributed by atoms with van der Waals surface area (Å²) in [6.07, 6.45) is 0. The first-order valence-electron chi connectivity index (χ1n) is 6.59. The highest BCUT2D eigenvalue weighted by Gasteiger charge is 2.11. The predicted molar refractivity (Wildman–Crippen MR) is 89.7 cm³/mol. The van der Waals surface area contributed by atoms with Crippen LogP contribution in [0.1, 0.15) is 5.56 Å². The first-order chi connectivity index (χ1) is 10.6. The molecule has 3 N–H and O–H groups in total. The molecule has 0 fully saturated rings. The van der Waals surface area contributed by atoms with Gasteiger partial charge in [0.1, 0.15) is 0 Å². The van der Waals surface area contributed by atoms with Gasteiger partial charge in [0.05, 0.1) is 6.54 Å². The molecule has 0 aliphatic carbocycles. The second kappa shape index (κ2) is 6.25. The lowest BCUT2D eigenvalue weighted by atomic mass is 10.2. The zero-order valence-corrected chi connectivity index (χ0v) is 13.0. The predicted octanol–water partition coefficient (Wildman–Crippen LogP) is 3.96. The molecule has 1 aromatic heterocycles. The largest absolute Gasteiger partial charge is 0.368 e. The van der Waals surface area contributed by atoms with E-state index in [4.69, 9.17) is 28.9 Å². The molecule has 112 valence electrons. The Labute approximate surface area is 137 Å². The Morgan fingerprint density at radius 2 is 1.68 bits per heavy atom. The summed E-state index contributed by atoms with van der Waals surface area (Å²) in [6, 6.07) is 15.0. The third-order valence-corrected chi connectivity index (χ3v) is 3.81. The number of nitrogens with one attached hydrogen (secondary N) is 1. The molecule has 3 rings (SSSR count). The molecule has 0 atom stereocenters. The lowest BCUT2D eigenvalue weighted by molar-refractivity contribution is 0.699. The summed E-state index contributed by atoms with van der Waals surface area (Å²) in [5, 5.41) is 8.56. The number of nitrogen functional groups attached to an aromatic ring is 1. The third kappa shape index (κ3) is 3.16. The monoisotopic (exact) mass is 333 g/mol. The summed E-state index contributed by atoms with van der Waals surface area (Å²) in [7, 11) is 0. The zero-order chi connectivity index (χ0) is 15.5. The van der Waals surface area contributed by atoms with Crippen LogP contribution in [0.25, 0.3) is 0 Å². The number of anilines is 3. The van der Waals surface area contributed by atoms with Crippen molar-refractivity contribution in [1.29, 1.82) is 0 Å². The van der Waals surface area contributed by atoms with Crippen molar-refractivity contribution in [2.45, 2.75) is 6.54 Å².